The highest BCUT2D eigenvalue weighted by molar-refractivity contribution is 7.55. The summed E-state index contributed by atoms with van der Waals surface area (Å²) in [5, 5.41) is 13.9. The minimum absolute atomic E-state index is 0.000228. The summed E-state index contributed by atoms with van der Waals surface area (Å²) in [5.74, 6) is -3.04. The summed E-state index contributed by atoms with van der Waals surface area (Å²) in [6, 6.07) is -1.41. The predicted octanol–water partition coefficient (Wildman–Crippen LogP) is 1.56. The van der Waals surface area contributed by atoms with E-state index in [9.17, 15) is 24.1 Å². The van der Waals surface area contributed by atoms with Gasteiger partial charge in [0.1, 0.15) is 11.6 Å². The third kappa shape index (κ3) is 8.83. The highest BCUT2D eigenvalue weighted by atomic mass is 31.2. The summed E-state index contributed by atoms with van der Waals surface area (Å²) in [6.45, 7) is 8.83. The predicted molar refractivity (Wildman–Crippen MR) is 98.3 cm³/mol. The van der Waals surface area contributed by atoms with Gasteiger partial charge in [0, 0.05) is 6.42 Å². The molecular formula is C16H31N2O8P. The quantitative estimate of drug-likeness (QED) is 0.436. The molecule has 0 aromatic carbocycles. The fourth-order valence-electron chi connectivity index (χ4n) is 1.95. The lowest BCUT2D eigenvalue weighted by Gasteiger charge is -2.27. The number of carbonyl (C=O) groups excluding carboxylic acids is 3. The van der Waals surface area contributed by atoms with Crippen molar-refractivity contribution < 1.29 is 37.8 Å². The van der Waals surface area contributed by atoms with Crippen molar-refractivity contribution in [1.29, 1.82) is 0 Å². The molecule has 1 unspecified atom stereocenters. The molecule has 0 fully saturated rings. The largest absolute Gasteiger partial charge is 0.444 e. The van der Waals surface area contributed by atoms with E-state index in [0.29, 0.717) is 0 Å². The van der Waals surface area contributed by atoms with Crippen LogP contribution in [0.15, 0.2) is 0 Å². The van der Waals surface area contributed by atoms with E-state index in [1.165, 1.54) is 6.92 Å². The minimum atomic E-state index is -3.98. The number of hydrogen-bond donors (Lipinski definition) is 3. The summed E-state index contributed by atoms with van der Waals surface area (Å²) in [4.78, 5) is 36.5. The Hall–Kier alpha value is -1.48. The van der Waals surface area contributed by atoms with Gasteiger partial charge in [0.25, 0.3) is 0 Å². The zero-order chi connectivity index (χ0) is 21.3. The van der Waals surface area contributed by atoms with E-state index in [-0.39, 0.29) is 19.6 Å². The molecule has 0 aromatic heterocycles. The Labute approximate surface area is 159 Å². The van der Waals surface area contributed by atoms with Crippen LogP contribution in [-0.2, 0) is 27.9 Å². The van der Waals surface area contributed by atoms with Gasteiger partial charge in [0.2, 0.25) is 5.91 Å². The molecule has 0 aliphatic heterocycles. The first-order valence-electron chi connectivity index (χ1n) is 8.76. The minimum Gasteiger partial charge on any atom is -0.444 e. The Morgan fingerprint density at radius 2 is 1.56 bits per heavy atom. The maximum absolute atomic E-state index is 12.9. The fraction of sp³-hybridized carbons (Fsp3) is 0.812. The van der Waals surface area contributed by atoms with Gasteiger partial charge in [-0.1, -0.05) is 6.92 Å². The molecule has 0 spiro atoms. The van der Waals surface area contributed by atoms with Crippen molar-refractivity contribution >= 4 is 25.4 Å². The summed E-state index contributed by atoms with van der Waals surface area (Å²) in [5.41, 5.74) is -0.805. The zero-order valence-electron chi connectivity index (χ0n) is 16.7. The van der Waals surface area contributed by atoms with Crippen LogP contribution < -0.4 is 10.6 Å². The highest BCUT2D eigenvalue weighted by Gasteiger charge is 2.42. The van der Waals surface area contributed by atoms with Gasteiger partial charge >= 0.3 is 13.7 Å². The third-order valence-electron chi connectivity index (χ3n) is 3.06. The molecule has 0 bridgehead atoms. The monoisotopic (exact) mass is 410 g/mol. The second-order valence-corrected chi connectivity index (χ2v) is 8.60. The third-order valence-corrected chi connectivity index (χ3v) is 5.34. The standard InChI is InChI=1S/C16H31N2O8P/c1-7-12(20)14(27(23,24-8-2)25-9-3)18-13(21)11(10-19)17-15(22)26-16(4,5)6/h11,14,19H,7-10H2,1-6H3,(H,17,22)(H,18,21)/t11-,14?/m0/s1. The number of aliphatic hydroxyl groups is 1. The molecule has 11 heteroatoms. The molecule has 0 aliphatic rings. The highest BCUT2D eigenvalue weighted by Crippen LogP contribution is 2.52. The van der Waals surface area contributed by atoms with Crippen LogP contribution in [0.2, 0.25) is 0 Å². The Morgan fingerprint density at radius 1 is 1.04 bits per heavy atom. The maximum atomic E-state index is 12.9. The number of ketones is 1. The molecule has 158 valence electrons. The van der Waals surface area contributed by atoms with Crippen molar-refractivity contribution in [3.05, 3.63) is 0 Å². The SMILES string of the molecule is CCOP(=O)(OCC)C(NC(=O)[C@H](CO)NC(=O)OC(C)(C)C)C(=O)CC. The Kier molecular flexibility index (Phi) is 10.8. The maximum Gasteiger partial charge on any atom is 0.408 e. The fourth-order valence-corrected chi connectivity index (χ4v) is 3.87. The van der Waals surface area contributed by atoms with Crippen LogP contribution in [0.5, 0.6) is 0 Å². The average Bonchev–Trinajstić information content (AvgIpc) is 2.55. The van der Waals surface area contributed by atoms with Gasteiger partial charge in [-0.3, -0.25) is 14.2 Å². The smallest absolute Gasteiger partial charge is 0.408 e. The Bertz CT molecular complexity index is 551. The normalized spacial score (nSPS) is 14.2. The molecule has 0 aromatic rings. The number of carbonyl (C=O) groups is 3. The van der Waals surface area contributed by atoms with Crippen LogP contribution in [0.4, 0.5) is 4.79 Å². The number of rotatable bonds is 11. The van der Waals surface area contributed by atoms with Gasteiger partial charge in [-0.15, -0.1) is 0 Å². The number of aliphatic hydroxyl groups excluding tert-OH is 1. The zero-order valence-corrected chi connectivity index (χ0v) is 17.6. The average molecular weight is 410 g/mol. The van der Waals surface area contributed by atoms with E-state index < -0.39 is 49.4 Å². The number of hydrogen-bond acceptors (Lipinski definition) is 8. The Balaban J connectivity index is 5.39. The van der Waals surface area contributed by atoms with Gasteiger partial charge in [-0.05, 0) is 34.6 Å². The van der Waals surface area contributed by atoms with E-state index in [2.05, 4.69) is 10.6 Å². The molecule has 0 saturated carbocycles. The number of nitrogens with one attached hydrogen (secondary N) is 2. The molecule has 0 aliphatic carbocycles. The molecule has 2 atom stereocenters. The van der Waals surface area contributed by atoms with E-state index in [4.69, 9.17) is 13.8 Å². The summed E-state index contributed by atoms with van der Waals surface area (Å²) in [7, 11) is -3.98. The second kappa shape index (κ2) is 11.4. The van der Waals surface area contributed by atoms with Gasteiger partial charge < -0.3 is 29.5 Å². The van der Waals surface area contributed by atoms with E-state index >= 15 is 0 Å². The molecule has 3 N–H and O–H groups in total. The summed E-state index contributed by atoms with van der Waals surface area (Å²) < 4.78 is 28.2. The van der Waals surface area contributed by atoms with Crippen molar-refractivity contribution in [1.82, 2.24) is 10.6 Å². The van der Waals surface area contributed by atoms with Crippen molar-refractivity contribution in [2.75, 3.05) is 19.8 Å². The first kappa shape index (κ1) is 25.5. The van der Waals surface area contributed by atoms with Crippen LogP contribution >= 0.6 is 7.60 Å². The molecule has 10 nitrogen and oxygen atoms in total. The first-order chi connectivity index (χ1) is 12.4. The Morgan fingerprint density at radius 3 is 1.93 bits per heavy atom. The molecule has 0 rings (SSSR count). The van der Waals surface area contributed by atoms with Gasteiger partial charge in [-0.2, -0.15) is 0 Å². The second-order valence-electron chi connectivity index (χ2n) is 6.49. The topological polar surface area (TPSA) is 140 Å². The number of Topliss-reactive ketones (excluding diaryl/α,β-unsaturated/α-hetero) is 1. The van der Waals surface area contributed by atoms with E-state index in [1.54, 1.807) is 34.6 Å². The van der Waals surface area contributed by atoms with Crippen molar-refractivity contribution in [2.45, 2.75) is 65.4 Å². The number of alkyl carbamates (subject to hydrolysis) is 1. The molecule has 0 radical (unpaired) electrons. The van der Waals surface area contributed by atoms with Gasteiger partial charge in [-0.25, -0.2) is 4.79 Å². The van der Waals surface area contributed by atoms with Crippen LogP contribution in [0.25, 0.3) is 0 Å². The lowest BCUT2D eigenvalue weighted by atomic mass is 10.2. The summed E-state index contributed by atoms with van der Waals surface area (Å²) >= 11 is 0. The molecule has 0 heterocycles. The van der Waals surface area contributed by atoms with E-state index in [0.717, 1.165) is 0 Å². The van der Waals surface area contributed by atoms with Crippen LogP contribution in [-0.4, -0.2) is 60.1 Å². The molecule has 0 saturated heterocycles. The van der Waals surface area contributed by atoms with Crippen molar-refractivity contribution in [2.24, 2.45) is 0 Å². The molecule has 2 amide bonds. The summed E-state index contributed by atoms with van der Waals surface area (Å²) in [6.07, 6.45) is -0.953. The van der Waals surface area contributed by atoms with Crippen LogP contribution in [0, 0.1) is 0 Å². The number of amides is 2. The van der Waals surface area contributed by atoms with E-state index in [1.807, 2.05) is 0 Å². The van der Waals surface area contributed by atoms with Crippen molar-refractivity contribution in [3.8, 4) is 0 Å². The van der Waals surface area contributed by atoms with Crippen LogP contribution in [0.3, 0.4) is 0 Å². The first-order valence-corrected chi connectivity index (χ1v) is 10.4. The molecular weight excluding hydrogens is 379 g/mol. The van der Waals surface area contributed by atoms with Crippen molar-refractivity contribution in [3.63, 3.8) is 0 Å². The van der Waals surface area contributed by atoms with Gasteiger partial charge in [0.15, 0.2) is 11.6 Å². The lowest BCUT2D eigenvalue weighted by Crippen LogP contribution is -2.53. The lowest BCUT2D eigenvalue weighted by molar-refractivity contribution is -0.128. The number of ether oxygens (including phenoxy) is 1. The molecule has 27 heavy (non-hydrogen) atoms. The van der Waals surface area contributed by atoms with Gasteiger partial charge in [0.05, 0.1) is 19.8 Å². The van der Waals surface area contributed by atoms with Crippen LogP contribution in [0.1, 0.15) is 48.0 Å².